The third-order valence-corrected chi connectivity index (χ3v) is 3.72. The van der Waals surface area contributed by atoms with Crippen LogP contribution in [0.1, 0.15) is 36.7 Å². The van der Waals surface area contributed by atoms with Gasteiger partial charge in [-0.15, -0.1) is 0 Å². The molecule has 2 N–H and O–H groups in total. The lowest BCUT2D eigenvalue weighted by molar-refractivity contribution is -0.127. The van der Waals surface area contributed by atoms with Gasteiger partial charge in [0.2, 0.25) is 5.91 Å². The molecule has 0 unspecified atom stereocenters. The van der Waals surface area contributed by atoms with E-state index in [1.807, 2.05) is 25.1 Å². The summed E-state index contributed by atoms with van der Waals surface area (Å²) in [4.78, 5) is 23.4. The van der Waals surface area contributed by atoms with Crippen LogP contribution in [-0.2, 0) is 16.1 Å². The molecule has 0 atom stereocenters. The molecule has 2 aromatic rings. The first-order valence-electron chi connectivity index (χ1n) is 8.25. The molecule has 25 heavy (non-hydrogen) atoms. The number of benzene rings is 1. The average Bonchev–Trinajstić information content (AvgIpc) is 3.09. The monoisotopic (exact) mass is 344 g/mol. The van der Waals surface area contributed by atoms with Crippen LogP contribution in [0.2, 0.25) is 0 Å². The Morgan fingerprint density at radius 3 is 2.60 bits per heavy atom. The first kappa shape index (κ1) is 18.6. The van der Waals surface area contributed by atoms with Gasteiger partial charge in [-0.3, -0.25) is 9.59 Å². The first-order chi connectivity index (χ1) is 12.0. The average molecular weight is 344 g/mol. The van der Waals surface area contributed by atoms with E-state index in [2.05, 4.69) is 24.5 Å². The van der Waals surface area contributed by atoms with Crippen LogP contribution in [0.15, 0.2) is 41.0 Å². The van der Waals surface area contributed by atoms with Gasteiger partial charge in [0.15, 0.2) is 6.61 Å². The minimum Gasteiger partial charge on any atom is -0.484 e. The lowest BCUT2D eigenvalue weighted by atomic mass is 9.98. The summed E-state index contributed by atoms with van der Waals surface area (Å²) in [7, 11) is 0. The Kier molecular flexibility index (Phi) is 6.62. The van der Waals surface area contributed by atoms with Crippen molar-refractivity contribution in [2.75, 3.05) is 13.2 Å². The molecule has 0 bridgehead atoms. The predicted molar refractivity (Wildman–Crippen MR) is 94.3 cm³/mol. The quantitative estimate of drug-likeness (QED) is 0.771. The standard InChI is InChI=1S/C19H24N2O4/c1-13(2)17-7-6-15(9-14(17)3)25-12-19(23)21-11-18(22)20-10-16-5-4-8-24-16/h4-9,13H,10-12H2,1-3H3,(H,20,22)(H,21,23). The van der Waals surface area contributed by atoms with Crippen LogP contribution in [0.5, 0.6) is 5.75 Å². The molecule has 0 saturated carbocycles. The number of hydrogen-bond donors (Lipinski definition) is 2. The Bertz CT molecular complexity index is 708. The van der Waals surface area contributed by atoms with Gasteiger partial charge in [0.1, 0.15) is 11.5 Å². The summed E-state index contributed by atoms with van der Waals surface area (Å²) < 4.78 is 10.6. The molecule has 0 aliphatic carbocycles. The molecule has 0 radical (unpaired) electrons. The van der Waals surface area contributed by atoms with E-state index >= 15 is 0 Å². The summed E-state index contributed by atoms with van der Waals surface area (Å²) >= 11 is 0. The van der Waals surface area contributed by atoms with E-state index in [9.17, 15) is 9.59 Å². The summed E-state index contributed by atoms with van der Waals surface area (Å²) in [6.07, 6.45) is 1.54. The van der Waals surface area contributed by atoms with Crippen molar-refractivity contribution in [3.05, 3.63) is 53.5 Å². The third kappa shape index (κ3) is 5.99. The molecule has 0 fully saturated rings. The predicted octanol–water partition coefficient (Wildman–Crippen LogP) is 2.52. The van der Waals surface area contributed by atoms with Gasteiger partial charge < -0.3 is 19.8 Å². The van der Waals surface area contributed by atoms with Crippen molar-refractivity contribution < 1.29 is 18.7 Å². The van der Waals surface area contributed by atoms with Crippen LogP contribution < -0.4 is 15.4 Å². The van der Waals surface area contributed by atoms with Crippen LogP contribution in [0.25, 0.3) is 0 Å². The van der Waals surface area contributed by atoms with Crippen molar-refractivity contribution in [1.29, 1.82) is 0 Å². The summed E-state index contributed by atoms with van der Waals surface area (Å²) in [6.45, 7) is 6.34. The summed E-state index contributed by atoms with van der Waals surface area (Å²) in [6, 6.07) is 9.29. The number of carbonyl (C=O) groups is 2. The number of furan rings is 1. The highest BCUT2D eigenvalue weighted by Gasteiger charge is 2.08. The number of amides is 2. The lowest BCUT2D eigenvalue weighted by Gasteiger charge is -2.12. The van der Waals surface area contributed by atoms with Crippen LogP contribution in [0.4, 0.5) is 0 Å². The van der Waals surface area contributed by atoms with E-state index in [1.165, 1.54) is 11.8 Å². The fraction of sp³-hybridized carbons (Fsp3) is 0.368. The molecule has 0 aliphatic rings. The first-order valence-corrected chi connectivity index (χ1v) is 8.25. The highest BCUT2D eigenvalue weighted by molar-refractivity contribution is 5.85. The van der Waals surface area contributed by atoms with Gasteiger partial charge in [-0.2, -0.15) is 0 Å². The number of hydrogen-bond acceptors (Lipinski definition) is 4. The second kappa shape index (κ2) is 8.92. The molecule has 1 aromatic carbocycles. The minimum absolute atomic E-state index is 0.103. The molecule has 6 heteroatoms. The molecule has 1 aromatic heterocycles. The zero-order chi connectivity index (χ0) is 18.2. The Labute approximate surface area is 147 Å². The summed E-state index contributed by atoms with van der Waals surface area (Å²) in [5.41, 5.74) is 2.38. The summed E-state index contributed by atoms with van der Waals surface area (Å²) in [5, 5.41) is 5.17. The van der Waals surface area contributed by atoms with E-state index < -0.39 is 0 Å². The highest BCUT2D eigenvalue weighted by Crippen LogP contribution is 2.23. The maximum absolute atomic E-state index is 11.8. The summed E-state index contributed by atoms with van der Waals surface area (Å²) in [5.74, 6) is 1.10. The molecular formula is C19H24N2O4. The number of aryl methyl sites for hydroxylation is 1. The minimum atomic E-state index is -0.348. The van der Waals surface area contributed by atoms with Crippen molar-refractivity contribution in [3.63, 3.8) is 0 Å². The van der Waals surface area contributed by atoms with Crippen LogP contribution in [0, 0.1) is 6.92 Å². The largest absolute Gasteiger partial charge is 0.484 e. The topological polar surface area (TPSA) is 80.6 Å². The smallest absolute Gasteiger partial charge is 0.258 e. The zero-order valence-electron chi connectivity index (χ0n) is 14.8. The second-order valence-corrected chi connectivity index (χ2v) is 6.09. The van der Waals surface area contributed by atoms with Crippen molar-refractivity contribution in [1.82, 2.24) is 10.6 Å². The number of rotatable bonds is 8. The molecule has 1 heterocycles. The molecule has 0 saturated heterocycles. The molecule has 6 nitrogen and oxygen atoms in total. The van der Waals surface area contributed by atoms with Crippen molar-refractivity contribution in [3.8, 4) is 5.75 Å². The van der Waals surface area contributed by atoms with E-state index in [4.69, 9.17) is 9.15 Å². The Balaban J connectivity index is 1.70. The molecule has 2 amide bonds. The van der Waals surface area contributed by atoms with Gasteiger partial charge in [0.05, 0.1) is 19.4 Å². The van der Waals surface area contributed by atoms with E-state index in [0.717, 1.165) is 5.56 Å². The second-order valence-electron chi connectivity index (χ2n) is 6.09. The van der Waals surface area contributed by atoms with Crippen LogP contribution in [-0.4, -0.2) is 25.0 Å². The highest BCUT2D eigenvalue weighted by atomic mass is 16.5. The molecule has 0 spiro atoms. The normalized spacial score (nSPS) is 10.6. The van der Waals surface area contributed by atoms with Gasteiger partial charge in [-0.1, -0.05) is 19.9 Å². The molecule has 134 valence electrons. The fourth-order valence-corrected chi connectivity index (χ4v) is 2.43. The number of ether oxygens (including phenoxy) is 1. The van der Waals surface area contributed by atoms with E-state index in [-0.39, 0.29) is 25.0 Å². The Morgan fingerprint density at radius 1 is 1.16 bits per heavy atom. The number of carbonyl (C=O) groups excluding carboxylic acids is 2. The van der Waals surface area contributed by atoms with Gasteiger partial charge in [-0.25, -0.2) is 0 Å². The van der Waals surface area contributed by atoms with Gasteiger partial charge in [-0.05, 0) is 48.2 Å². The van der Waals surface area contributed by atoms with Gasteiger partial charge in [0, 0.05) is 0 Å². The lowest BCUT2D eigenvalue weighted by Crippen LogP contribution is -2.38. The zero-order valence-corrected chi connectivity index (χ0v) is 14.8. The molecule has 2 rings (SSSR count). The third-order valence-electron chi connectivity index (χ3n) is 3.72. The van der Waals surface area contributed by atoms with Crippen LogP contribution >= 0.6 is 0 Å². The van der Waals surface area contributed by atoms with Crippen molar-refractivity contribution >= 4 is 11.8 Å². The maximum atomic E-state index is 11.8. The SMILES string of the molecule is Cc1cc(OCC(=O)NCC(=O)NCc2ccco2)ccc1C(C)C. The van der Waals surface area contributed by atoms with Gasteiger partial charge >= 0.3 is 0 Å². The van der Waals surface area contributed by atoms with E-state index in [1.54, 1.807) is 12.1 Å². The Morgan fingerprint density at radius 2 is 1.96 bits per heavy atom. The Hall–Kier alpha value is -2.76. The van der Waals surface area contributed by atoms with Crippen molar-refractivity contribution in [2.45, 2.75) is 33.2 Å². The fourth-order valence-electron chi connectivity index (χ4n) is 2.43. The van der Waals surface area contributed by atoms with Gasteiger partial charge in [0.25, 0.3) is 5.91 Å². The van der Waals surface area contributed by atoms with Crippen LogP contribution in [0.3, 0.4) is 0 Å². The molecule has 0 aliphatic heterocycles. The van der Waals surface area contributed by atoms with Crippen molar-refractivity contribution in [2.24, 2.45) is 0 Å². The maximum Gasteiger partial charge on any atom is 0.258 e. The van der Waals surface area contributed by atoms with E-state index in [0.29, 0.717) is 24.0 Å². The molecular weight excluding hydrogens is 320 g/mol. The number of nitrogens with one attached hydrogen (secondary N) is 2.